The van der Waals surface area contributed by atoms with Crippen LogP contribution < -0.4 is 9.62 Å². The number of aryl methyl sites for hydroxylation is 2. The summed E-state index contributed by atoms with van der Waals surface area (Å²) in [7, 11) is -1.96. The molecule has 1 unspecified atom stereocenters. The van der Waals surface area contributed by atoms with Crippen LogP contribution in [0.4, 0.5) is 5.69 Å². The van der Waals surface area contributed by atoms with E-state index < -0.39 is 10.0 Å². The lowest BCUT2D eigenvalue weighted by molar-refractivity contribution is 0.0940. The quantitative estimate of drug-likeness (QED) is 0.837. The molecular formula is C19H23ClN2O3S. The molecule has 0 aliphatic carbocycles. The molecule has 140 valence electrons. The molecule has 2 aromatic rings. The number of amides is 1. The van der Waals surface area contributed by atoms with Gasteiger partial charge >= 0.3 is 0 Å². The van der Waals surface area contributed by atoms with E-state index in [1.807, 2.05) is 39.0 Å². The van der Waals surface area contributed by atoms with Gasteiger partial charge in [0, 0.05) is 7.05 Å². The molecule has 5 nitrogen and oxygen atoms in total. The van der Waals surface area contributed by atoms with Crippen molar-refractivity contribution >= 4 is 33.2 Å². The average Bonchev–Trinajstić information content (AvgIpc) is 2.55. The largest absolute Gasteiger partial charge is 0.345 e. The number of rotatable bonds is 5. The second-order valence-electron chi connectivity index (χ2n) is 6.43. The fourth-order valence-corrected chi connectivity index (χ4v) is 3.22. The second kappa shape index (κ2) is 7.68. The van der Waals surface area contributed by atoms with Crippen molar-refractivity contribution in [2.24, 2.45) is 0 Å². The monoisotopic (exact) mass is 394 g/mol. The molecule has 1 atom stereocenters. The highest BCUT2D eigenvalue weighted by Crippen LogP contribution is 2.25. The number of carbonyl (C=O) groups is 1. The van der Waals surface area contributed by atoms with Crippen LogP contribution >= 0.6 is 11.6 Å². The van der Waals surface area contributed by atoms with Crippen molar-refractivity contribution in [3.8, 4) is 0 Å². The van der Waals surface area contributed by atoms with Crippen LogP contribution in [-0.4, -0.2) is 27.6 Å². The van der Waals surface area contributed by atoms with E-state index in [0.717, 1.165) is 21.7 Å². The van der Waals surface area contributed by atoms with Gasteiger partial charge in [0.2, 0.25) is 10.0 Å². The Morgan fingerprint density at radius 3 is 2.31 bits per heavy atom. The third-order valence-electron chi connectivity index (χ3n) is 4.44. The van der Waals surface area contributed by atoms with Crippen molar-refractivity contribution < 1.29 is 13.2 Å². The Hall–Kier alpha value is -2.05. The Bertz CT molecular complexity index is 942. The average molecular weight is 395 g/mol. The van der Waals surface area contributed by atoms with Gasteiger partial charge in [0.05, 0.1) is 28.6 Å². The van der Waals surface area contributed by atoms with Gasteiger partial charge in [-0.15, -0.1) is 0 Å². The lowest BCUT2D eigenvalue weighted by atomic mass is 10.0. The molecule has 0 saturated carbocycles. The summed E-state index contributed by atoms with van der Waals surface area (Å²) in [6, 6.07) is 10.4. The Balaban J connectivity index is 2.20. The van der Waals surface area contributed by atoms with Gasteiger partial charge in [0.25, 0.3) is 5.91 Å². The van der Waals surface area contributed by atoms with E-state index in [4.69, 9.17) is 11.6 Å². The zero-order valence-corrected chi connectivity index (χ0v) is 17.1. The first kappa shape index (κ1) is 20.3. The second-order valence-corrected chi connectivity index (χ2v) is 8.85. The van der Waals surface area contributed by atoms with Crippen LogP contribution in [0.5, 0.6) is 0 Å². The maximum atomic E-state index is 12.6. The summed E-state index contributed by atoms with van der Waals surface area (Å²) in [6.07, 6.45) is 1.10. The lowest BCUT2D eigenvalue weighted by Gasteiger charge is -2.19. The molecule has 0 spiro atoms. The molecule has 0 bridgehead atoms. The summed E-state index contributed by atoms with van der Waals surface area (Å²) in [6.45, 7) is 5.97. The number of hydrogen-bond acceptors (Lipinski definition) is 3. The normalized spacial score (nSPS) is 12.5. The third kappa shape index (κ3) is 4.56. The number of carbonyl (C=O) groups excluding carboxylic acids is 1. The van der Waals surface area contributed by atoms with Crippen LogP contribution in [0, 0.1) is 13.8 Å². The first-order valence-electron chi connectivity index (χ1n) is 8.12. The minimum atomic E-state index is -3.39. The Morgan fingerprint density at radius 2 is 1.77 bits per heavy atom. The SMILES string of the molecule is Cc1ccc(C(C)NC(=O)c2ccc(N(C)S(C)(=O)=O)cc2Cl)cc1C. The van der Waals surface area contributed by atoms with Gasteiger partial charge in [-0.2, -0.15) is 0 Å². The van der Waals surface area contributed by atoms with E-state index in [2.05, 4.69) is 5.32 Å². The fraction of sp³-hybridized carbons (Fsp3) is 0.316. The molecule has 26 heavy (non-hydrogen) atoms. The van der Waals surface area contributed by atoms with Crippen LogP contribution in [-0.2, 0) is 10.0 Å². The Labute approximate surface area is 160 Å². The molecule has 1 amide bonds. The van der Waals surface area contributed by atoms with Gasteiger partial charge in [-0.3, -0.25) is 9.10 Å². The molecule has 0 aliphatic rings. The molecule has 0 heterocycles. The molecule has 0 fully saturated rings. The molecule has 0 saturated heterocycles. The van der Waals surface area contributed by atoms with Crippen molar-refractivity contribution in [1.29, 1.82) is 0 Å². The standard InChI is InChI=1S/C19H23ClN2O3S/c1-12-6-7-15(10-13(12)2)14(3)21-19(23)17-9-8-16(11-18(17)20)22(4)26(5,24)25/h6-11,14H,1-5H3,(H,21,23). The molecule has 0 aliphatic heterocycles. The predicted octanol–water partition coefficient (Wildman–Crippen LogP) is 3.84. The van der Waals surface area contributed by atoms with Crippen molar-refractivity contribution in [3.05, 3.63) is 63.7 Å². The van der Waals surface area contributed by atoms with Gasteiger partial charge in [-0.1, -0.05) is 29.8 Å². The number of nitrogens with zero attached hydrogens (tertiary/aromatic N) is 1. The van der Waals surface area contributed by atoms with E-state index >= 15 is 0 Å². The number of halogens is 1. The van der Waals surface area contributed by atoms with Crippen LogP contribution in [0.1, 0.15) is 40.0 Å². The van der Waals surface area contributed by atoms with Crippen molar-refractivity contribution in [2.75, 3.05) is 17.6 Å². The van der Waals surface area contributed by atoms with Gasteiger partial charge in [0.1, 0.15) is 0 Å². The number of hydrogen-bond donors (Lipinski definition) is 1. The van der Waals surface area contributed by atoms with Gasteiger partial charge in [-0.25, -0.2) is 8.42 Å². The number of anilines is 1. The molecule has 1 N–H and O–H groups in total. The molecule has 0 radical (unpaired) electrons. The van der Waals surface area contributed by atoms with Crippen molar-refractivity contribution in [3.63, 3.8) is 0 Å². The highest BCUT2D eigenvalue weighted by molar-refractivity contribution is 7.92. The molecule has 2 aromatic carbocycles. The van der Waals surface area contributed by atoms with E-state index in [0.29, 0.717) is 11.3 Å². The Morgan fingerprint density at radius 1 is 1.12 bits per heavy atom. The van der Waals surface area contributed by atoms with Crippen LogP contribution in [0.3, 0.4) is 0 Å². The fourth-order valence-electron chi connectivity index (χ4n) is 2.47. The van der Waals surface area contributed by atoms with Gasteiger partial charge < -0.3 is 5.32 Å². The maximum absolute atomic E-state index is 12.6. The summed E-state index contributed by atoms with van der Waals surface area (Å²) < 4.78 is 24.3. The zero-order valence-electron chi connectivity index (χ0n) is 15.5. The first-order chi connectivity index (χ1) is 12.0. The highest BCUT2D eigenvalue weighted by Gasteiger charge is 2.18. The van der Waals surface area contributed by atoms with Crippen LogP contribution in [0.15, 0.2) is 36.4 Å². The van der Waals surface area contributed by atoms with E-state index in [-0.39, 0.29) is 17.0 Å². The lowest BCUT2D eigenvalue weighted by Crippen LogP contribution is -2.27. The van der Waals surface area contributed by atoms with Crippen LogP contribution in [0.25, 0.3) is 0 Å². The zero-order chi connectivity index (χ0) is 19.6. The van der Waals surface area contributed by atoms with Crippen molar-refractivity contribution in [1.82, 2.24) is 5.32 Å². The molecular weight excluding hydrogens is 372 g/mol. The van der Waals surface area contributed by atoms with E-state index in [9.17, 15) is 13.2 Å². The molecule has 0 aromatic heterocycles. The predicted molar refractivity (Wildman–Crippen MR) is 106 cm³/mol. The minimum Gasteiger partial charge on any atom is -0.345 e. The topological polar surface area (TPSA) is 66.5 Å². The number of sulfonamides is 1. The van der Waals surface area contributed by atoms with E-state index in [1.54, 1.807) is 6.07 Å². The summed E-state index contributed by atoms with van der Waals surface area (Å²) >= 11 is 6.21. The van der Waals surface area contributed by atoms with Gasteiger partial charge in [-0.05, 0) is 55.7 Å². The highest BCUT2D eigenvalue weighted by atomic mass is 35.5. The molecule has 7 heteroatoms. The number of nitrogens with one attached hydrogen (secondary N) is 1. The van der Waals surface area contributed by atoms with E-state index in [1.165, 1.54) is 24.7 Å². The first-order valence-corrected chi connectivity index (χ1v) is 10.3. The number of benzene rings is 2. The summed E-state index contributed by atoms with van der Waals surface area (Å²) in [5.74, 6) is -0.311. The minimum absolute atomic E-state index is 0.184. The summed E-state index contributed by atoms with van der Waals surface area (Å²) in [5.41, 5.74) is 4.06. The maximum Gasteiger partial charge on any atom is 0.253 e. The third-order valence-corrected chi connectivity index (χ3v) is 5.96. The molecule has 2 rings (SSSR count). The summed E-state index contributed by atoms with van der Waals surface area (Å²) in [5, 5.41) is 3.12. The Kier molecular flexibility index (Phi) is 5.98. The van der Waals surface area contributed by atoms with Gasteiger partial charge in [0.15, 0.2) is 0 Å². The summed E-state index contributed by atoms with van der Waals surface area (Å²) in [4.78, 5) is 12.6. The van der Waals surface area contributed by atoms with Crippen molar-refractivity contribution in [2.45, 2.75) is 26.8 Å². The van der Waals surface area contributed by atoms with Crippen LogP contribution in [0.2, 0.25) is 5.02 Å². The smallest absolute Gasteiger partial charge is 0.253 e.